The van der Waals surface area contributed by atoms with Crippen LogP contribution >= 0.6 is 0 Å². The van der Waals surface area contributed by atoms with E-state index >= 15 is 0 Å². The quantitative estimate of drug-likeness (QED) is 0.0520. The number of amides is 5. The summed E-state index contributed by atoms with van der Waals surface area (Å²) in [6.07, 6.45) is 0.142. The number of hydrogen-bond acceptors (Lipinski definition) is 10. The Kier molecular flexibility index (Phi) is 14.1. The van der Waals surface area contributed by atoms with Gasteiger partial charge in [-0.25, -0.2) is 13.9 Å². The molecule has 45 heavy (non-hydrogen) atoms. The molecule has 0 spiro atoms. The largest absolute Gasteiger partial charge is 1.00 e. The monoisotopic (exact) mass is 654 g/mol. The summed E-state index contributed by atoms with van der Waals surface area (Å²) in [5, 5.41) is 14.7. The zero-order valence-corrected chi connectivity index (χ0v) is 28.3. The molecule has 0 saturated heterocycles. The predicted octanol–water partition coefficient (Wildman–Crippen LogP) is -2.53. The molecule has 2 aromatic rings. The molecule has 16 heteroatoms. The number of ether oxygens (including phenoxy) is 1. The van der Waals surface area contributed by atoms with Crippen LogP contribution in [0.25, 0.3) is 0 Å². The number of imide groups is 1. The molecule has 3 rings (SSSR count). The SMILES string of the molecule is CNC(=O)[C@H](Cc1ccc(OCCS(=O)(=O)[O-])cc1)NC(=O)[C@H](CC(C)C)C(CN1C(=O)c2ccccc2C1=O)C(=O)NO.[Na+]. The summed E-state index contributed by atoms with van der Waals surface area (Å²) < 4.78 is 37.6. The number of rotatable bonds is 15. The van der Waals surface area contributed by atoms with Crippen molar-refractivity contribution in [1.29, 1.82) is 0 Å². The summed E-state index contributed by atoms with van der Waals surface area (Å²) in [7, 11) is -3.04. The third-order valence-electron chi connectivity index (χ3n) is 7.10. The van der Waals surface area contributed by atoms with Gasteiger partial charge < -0.3 is 19.9 Å². The van der Waals surface area contributed by atoms with Gasteiger partial charge in [-0.05, 0) is 42.2 Å². The van der Waals surface area contributed by atoms with Crippen molar-refractivity contribution in [2.24, 2.45) is 17.8 Å². The zero-order valence-electron chi connectivity index (χ0n) is 25.4. The van der Waals surface area contributed by atoms with Gasteiger partial charge in [-0.1, -0.05) is 38.1 Å². The van der Waals surface area contributed by atoms with E-state index in [1.807, 2.05) is 13.8 Å². The van der Waals surface area contributed by atoms with E-state index in [2.05, 4.69) is 10.6 Å². The topological polar surface area (TPSA) is 211 Å². The normalized spacial score (nSPS) is 14.6. The Bertz CT molecular complexity index is 1470. The second-order valence-corrected chi connectivity index (χ2v) is 12.2. The third-order valence-corrected chi connectivity index (χ3v) is 7.76. The van der Waals surface area contributed by atoms with Crippen LogP contribution in [0.5, 0.6) is 5.75 Å². The summed E-state index contributed by atoms with van der Waals surface area (Å²) >= 11 is 0. The molecule has 1 aliphatic heterocycles. The molecule has 0 fully saturated rings. The van der Waals surface area contributed by atoms with Crippen LogP contribution in [-0.4, -0.2) is 84.6 Å². The fraction of sp³-hybridized carbons (Fsp3) is 0.414. The van der Waals surface area contributed by atoms with Gasteiger partial charge in [0.05, 0.1) is 38.8 Å². The fourth-order valence-corrected chi connectivity index (χ4v) is 5.21. The molecular weight excluding hydrogens is 619 g/mol. The zero-order chi connectivity index (χ0) is 32.6. The van der Waals surface area contributed by atoms with Gasteiger partial charge in [0.2, 0.25) is 17.7 Å². The van der Waals surface area contributed by atoms with Crippen LogP contribution in [0.4, 0.5) is 0 Å². The van der Waals surface area contributed by atoms with Gasteiger partial charge in [-0.3, -0.25) is 34.1 Å². The maximum Gasteiger partial charge on any atom is 1.00 e. The van der Waals surface area contributed by atoms with Gasteiger partial charge in [-0.15, -0.1) is 0 Å². The number of carbonyl (C=O) groups is 5. The summed E-state index contributed by atoms with van der Waals surface area (Å²) in [6.45, 7) is 2.80. The van der Waals surface area contributed by atoms with E-state index in [1.165, 1.54) is 31.3 Å². The Hall–Kier alpha value is -3.34. The molecule has 0 radical (unpaired) electrons. The first-order chi connectivity index (χ1) is 20.7. The molecule has 0 bridgehead atoms. The second-order valence-electron chi connectivity index (χ2n) is 10.7. The molecule has 5 amide bonds. The van der Waals surface area contributed by atoms with Crippen LogP contribution in [0.2, 0.25) is 0 Å². The van der Waals surface area contributed by atoms with Gasteiger partial charge in [0, 0.05) is 20.0 Å². The van der Waals surface area contributed by atoms with Crippen molar-refractivity contribution in [2.75, 3.05) is 26.0 Å². The van der Waals surface area contributed by atoms with Gasteiger partial charge in [0.15, 0.2) is 0 Å². The van der Waals surface area contributed by atoms with E-state index in [-0.39, 0.29) is 66.1 Å². The average Bonchev–Trinajstić information content (AvgIpc) is 3.22. The van der Waals surface area contributed by atoms with Crippen LogP contribution in [0.15, 0.2) is 48.5 Å². The van der Waals surface area contributed by atoms with Gasteiger partial charge in [0.25, 0.3) is 11.8 Å². The second kappa shape index (κ2) is 16.8. The minimum Gasteiger partial charge on any atom is -0.748 e. The van der Waals surface area contributed by atoms with E-state index in [9.17, 15) is 42.2 Å². The number of nitrogens with one attached hydrogen (secondary N) is 3. The van der Waals surface area contributed by atoms with Gasteiger partial charge >= 0.3 is 29.6 Å². The summed E-state index contributed by atoms with van der Waals surface area (Å²) in [6, 6.07) is 11.3. The maximum atomic E-state index is 13.7. The molecule has 0 aliphatic carbocycles. The van der Waals surface area contributed by atoms with Crippen LogP contribution in [-0.2, 0) is 30.9 Å². The first-order valence-corrected chi connectivity index (χ1v) is 15.4. The van der Waals surface area contributed by atoms with Crippen molar-refractivity contribution < 1.29 is 76.4 Å². The van der Waals surface area contributed by atoms with Crippen molar-refractivity contribution in [3.05, 3.63) is 65.2 Å². The Morgan fingerprint density at radius 2 is 1.51 bits per heavy atom. The van der Waals surface area contributed by atoms with Crippen molar-refractivity contribution >= 4 is 39.7 Å². The Morgan fingerprint density at radius 1 is 0.933 bits per heavy atom. The Labute approximate surface area is 283 Å². The number of fused-ring (bicyclic) bond motifs is 1. The first-order valence-electron chi connectivity index (χ1n) is 13.8. The molecule has 3 atom stereocenters. The summed E-state index contributed by atoms with van der Waals surface area (Å²) in [5.41, 5.74) is 2.47. The minimum absolute atomic E-state index is 0. The Morgan fingerprint density at radius 3 is 2.00 bits per heavy atom. The van der Waals surface area contributed by atoms with Crippen LogP contribution < -0.4 is 50.4 Å². The van der Waals surface area contributed by atoms with Crippen molar-refractivity contribution in [2.45, 2.75) is 32.7 Å². The molecule has 14 nitrogen and oxygen atoms in total. The molecular formula is C29H35N4NaO10S. The van der Waals surface area contributed by atoms with E-state index < -0.39 is 69.8 Å². The molecule has 1 unspecified atom stereocenters. The number of benzene rings is 2. The first kappa shape index (κ1) is 37.8. The number of carbonyl (C=O) groups excluding carboxylic acids is 5. The minimum atomic E-state index is -4.43. The number of hydroxylamine groups is 1. The molecule has 0 saturated carbocycles. The molecule has 238 valence electrons. The van der Waals surface area contributed by atoms with Gasteiger partial charge in [0.1, 0.15) is 18.4 Å². The summed E-state index contributed by atoms with van der Waals surface area (Å²) in [4.78, 5) is 66.3. The van der Waals surface area contributed by atoms with Crippen molar-refractivity contribution in [3.8, 4) is 5.75 Å². The van der Waals surface area contributed by atoms with Crippen LogP contribution in [0.3, 0.4) is 0 Å². The van der Waals surface area contributed by atoms with Crippen LogP contribution in [0, 0.1) is 17.8 Å². The smallest absolute Gasteiger partial charge is 0.748 e. The van der Waals surface area contributed by atoms with Gasteiger partial charge in [-0.2, -0.15) is 0 Å². The van der Waals surface area contributed by atoms with E-state index in [0.29, 0.717) is 11.3 Å². The summed E-state index contributed by atoms with van der Waals surface area (Å²) in [5.74, 6) is -6.49. The van der Waals surface area contributed by atoms with E-state index in [4.69, 9.17) is 4.74 Å². The number of hydrogen-bond donors (Lipinski definition) is 4. The molecule has 4 N–H and O–H groups in total. The number of nitrogens with zero attached hydrogens (tertiary/aromatic N) is 1. The van der Waals surface area contributed by atoms with Crippen molar-refractivity contribution in [1.82, 2.24) is 21.0 Å². The Balaban J connectivity index is 0.00000705. The number of likely N-dealkylation sites (N-methyl/N-ethyl adjacent to an activating group) is 1. The average molecular weight is 655 g/mol. The van der Waals surface area contributed by atoms with E-state index in [0.717, 1.165) is 4.90 Å². The fourth-order valence-electron chi connectivity index (χ4n) is 4.92. The molecule has 1 heterocycles. The third kappa shape index (κ3) is 10.3. The van der Waals surface area contributed by atoms with Crippen molar-refractivity contribution in [3.63, 3.8) is 0 Å². The van der Waals surface area contributed by atoms with E-state index in [1.54, 1.807) is 29.7 Å². The predicted molar refractivity (Wildman–Crippen MR) is 154 cm³/mol. The molecule has 2 aromatic carbocycles. The molecule has 0 aromatic heterocycles. The van der Waals surface area contributed by atoms with Crippen LogP contribution in [0.1, 0.15) is 46.5 Å². The maximum absolute atomic E-state index is 13.7. The molecule has 1 aliphatic rings. The standard InChI is InChI=1S/C29H36N4O10S.Na/c1-17(2)14-22(23(26(35)32-39)16-33-28(37)20-6-4-5-7-21(20)29(33)38)25(34)31-24(27(36)30-3)15-18-8-10-19(11-9-18)43-12-13-44(40,41)42;/h4-11,17,22-24,39H,12-16H2,1-3H3,(H,30,36)(H,31,34)(H,32,35)(H,40,41,42);/q;+1/p-1/t22-,23?,24+;/m1./s1.